The predicted octanol–water partition coefficient (Wildman–Crippen LogP) is 2.69. The van der Waals surface area contributed by atoms with Gasteiger partial charge in [0.25, 0.3) is 5.91 Å². The monoisotopic (exact) mass is 335 g/mol. The van der Waals surface area contributed by atoms with Crippen molar-refractivity contribution in [3.8, 4) is 0 Å². The van der Waals surface area contributed by atoms with E-state index in [2.05, 4.69) is 0 Å². The number of furan rings is 1. The van der Waals surface area contributed by atoms with Crippen LogP contribution in [0.3, 0.4) is 0 Å². The summed E-state index contributed by atoms with van der Waals surface area (Å²) in [5.41, 5.74) is 1.21. The fourth-order valence-electron chi connectivity index (χ4n) is 2.58. The number of hydrogen-bond acceptors (Lipinski definition) is 5. The van der Waals surface area contributed by atoms with Crippen LogP contribution in [0.15, 0.2) is 16.5 Å². The molecular weight excluding hydrogens is 318 g/mol. The largest absolute Gasteiger partial charge is 0.478 e. The molecule has 0 saturated heterocycles. The van der Waals surface area contributed by atoms with E-state index in [0.717, 1.165) is 12.0 Å². The quantitative estimate of drug-likeness (QED) is 0.929. The number of aryl methyl sites for hydroxylation is 1. The van der Waals surface area contributed by atoms with E-state index >= 15 is 0 Å². The summed E-state index contributed by atoms with van der Waals surface area (Å²) in [5.74, 6) is -0.328. The number of carboxylic acids is 1. The lowest BCUT2D eigenvalue weighted by Crippen LogP contribution is -2.25. The van der Waals surface area contributed by atoms with Crippen molar-refractivity contribution in [3.63, 3.8) is 0 Å². The first kappa shape index (κ1) is 15.8. The van der Waals surface area contributed by atoms with Gasteiger partial charge in [0.2, 0.25) is 0 Å². The summed E-state index contributed by atoms with van der Waals surface area (Å²) in [4.78, 5) is 27.0. The maximum absolute atomic E-state index is 12.5. The lowest BCUT2D eigenvalue weighted by atomic mass is 10.2. The van der Waals surface area contributed by atoms with Crippen molar-refractivity contribution in [2.45, 2.75) is 26.5 Å². The number of amides is 1. The van der Waals surface area contributed by atoms with E-state index < -0.39 is 5.97 Å². The molecular formula is C16H17NO5S. The molecule has 0 aromatic carbocycles. The van der Waals surface area contributed by atoms with Crippen molar-refractivity contribution in [2.75, 3.05) is 13.7 Å². The Balaban J connectivity index is 1.73. The minimum atomic E-state index is -1.03. The van der Waals surface area contributed by atoms with Crippen molar-refractivity contribution >= 4 is 23.2 Å². The zero-order valence-electron chi connectivity index (χ0n) is 12.9. The third kappa shape index (κ3) is 3.16. The van der Waals surface area contributed by atoms with Crippen LogP contribution in [0.1, 0.15) is 42.0 Å². The van der Waals surface area contributed by atoms with Gasteiger partial charge in [0, 0.05) is 18.3 Å². The Labute approximate surface area is 137 Å². The zero-order chi connectivity index (χ0) is 16.6. The van der Waals surface area contributed by atoms with Crippen molar-refractivity contribution in [1.29, 1.82) is 0 Å². The molecule has 1 aliphatic heterocycles. The SMILES string of the molecule is Cc1oc(CN(C)C(=O)c2cc3c(s2)CCOC3)cc1C(=O)O. The topological polar surface area (TPSA) is 80.0 Å². The van der Waals surface area contributed by atoms with Gasteiger partial charge in [-0.1, -0.05) is 0 Å². The molecule has 0 bridgehead atoms. The predicted molar refractivity (Wildman–Crippen MR) is 83.9 cm³/mol. The van der Waals surface area contributed by atoms with E-state index in [1.54, 1.807) is 14.0 Å². The number of ether oxygens (including phenoxy) is 1. The van der Waals surface area contributed by atoms with Crippen molar-refractivity contribution in [2.24, 2.45) is 0 Å². The summed E-state index contributed by atoms with van der Waals surface area (Å²) < 4.78 is 10.8. The van der Waals surface area contributed by atoms with Crippen LogP contribution >= 0.6 is 11.3 Å². The molecule has 3 heterocycles. The van der Waals surface area contributed by atoms with Crippen LogP contribution in [0.25, 0.3) is 0 Å². The van der Waals surface area contributed by atoms with E-state index in [0.29, 0.717) is 29.6 Å². The van der Waals surface area contributed by atoms with Gasteiger partial charge in [-0.05, 0) is 24.6 Å². The smallest absolute Gasteiger partial charge is 0.339 e. The zero-order valence-corrected chi connectivity index (χ0v) is 13.7. The maximum atomic E-state index is 12.5. The molecule has 1 aliphatic rings. The Morgan fingerprint density at radius 3 is 2.83 bits per heavy atom. The fourth-order valence-corrected chi connectivity index (χ4v) is 3.72. The highest BCUT2D eigenvalue weighted by Gasteiger charge is 2.21. The minimum Gasteiger partial charge on any atom is -0.478 e. The lowest BCUT2D eigenvalue weighted by molar-refractivity contribution is 0.0694. The van der Waals surface area contributed by atoms with Crippen LogP contribution in [-0.2, 0) is 24.3 Å². The second kappa shape index (κ2) is 6.17. The number of rotatable bonds is 4. The molecule has 0 radical (unpaired) electrons. The second-order valence-electron chi connectivity index (χ2n) is 5.51. The summed E-state index contributed by atoms with van der Waals surface area (Å²) in [5, 5.41) is 9.04. The lowest BCUT2D eigenvalue weighted by Gasteiger charge is -2.14. The first-order valence-corrected chi connectivity index (χ1v) is 8.04. The first-order valence-electron chi connectivity index (χ1n) is 7.23. The Morgan fingerprint density at radius 1 is 1.39 bits per heavy atom. The number of carbonyl (C=O) groups excluding carboxylic acids is 1. The average molecular weight is 335 g/mol. The fraction of sp³-hybridized carbons (Fsp3) is 0.375. The molecule has 0 fully saturated rings. The molecule has 2 aromatic rings. The van der Waals surface area contributed by atoms with Crippen LogP contribution < -0.4 is 0 Å². The van der Waals surface area contributed by atoms with E-state index in [1.165, 1.54) is 27.2 Å². The highest BCUT2D eigenvalue weighted by molar-refractivity contribution is 7.14. The minimum absolute atomic E-state index is 0.102. The van der Waals surface area contributed by atoms with Crippen LogP contribution in [0.5, 0.6) is 0 Å². The van der Waals surface area contributed by atoms with Crippen molar-refractivity contribution in [3.05, 3.63) is 44.5 Å². The molecule has 122 valence electrons. The Morgan fingerprint density at radius 2 is 2.17 bits per heavy atom. The molecule has 0 atom stereocenters. The first-order chi connectivity index (χ1) is 11.0. The number of hydrogen-bond donors (Lipinski definition) is 1. The molecule has 0 aliphatic carbocycles. The summed E-state index contributed by atoms with van der Waals surface area (Å²) in [6.45, 7) is 3.08. The molecule has 2 aromatic heterocycles. The van der Waals surface area contributed by atoms with E-state index in [-0.39, 0.29) is 18.0 Å². The second-order valence-corrected chi connectivity index (χ2v) is 6.65. The van der Waals surface area contributed by atoms with Crippen molar-refractivity contribution in [1.82, 2.24) is 4.90 Å². The van der Waals surface area contributed by atoms with Crippen LogP contribution in [0.2, 0.25) is 0 Å². The Bertz CT molecular complexity index is 737. The molecule has 1 amide bonds. The van der Waals surface area contributed by atoms with E-state index in [1.807, 2.05) is 6.07 Å². The van der Waals surface area contributed by atoms with Crippen molar-refractivity contribution < 1.29 is 23.8 Å². The molecule has 7 heteroatoms. The summed E-state index contributed by atoms with van der Waals surface area (Å²) >= 11 is 1.50. The third-order valence-electron chi connectivity index (χ3n) is 3.78. The number of thiophene rings is 1. The van der Waals surface area contributed by atoms with Crippen LogP contribution in [0.4, 0.5) is 0 Å². The molecule has 0 saturated carbocycles. The van der Waals surface area contributed by atoms with Gasteiger partial charge in [-0.2, -0.15) is 0 Å². The van der Waals surface area contributed by atoms with Gasteiger partial charge in [0.05, 0.1) is 24.6 Å². The van der Waals surface area contributed by atoms with Gasteiger partial charge in [-0.3, -0.25) is 4.79 Å². The van der Waals surface area contributed by atoms with Gasteiger partial charge in [-0.15, -0.1) is 11.3 Å². The van der Waals surface area contributed by atoms with E-state index in [4.69, 9.17) is 14.3 Å². The van der Waals surface area contributed by atoms with Gasteiger partial charge >= 0.3 is 5.97 Å². The maximum Gasteiger partial charge on any atom is 0.339 e. The number of carboxylic acid groups (broad SMARTS) is 1. The number of nitrogens with zero attached hydrogens (tertiary/aromatic N) is 1. The van der Waals surface area contributed by atoms with Gasteiger partial charge in [-0.25, -0.2) is 4.79 Å². The van der Waals surface area contributed by atoms with Gasteiger partial charge < -0.3 is 19.2 Å². The summed E-state index contributed by atoms with van der Waals surface area (Å²) in [6, 6.07) is 3.35. The summed E-state index contributed by atoms with van der Waals surface area (Å²) in [7, 11) is 1.68. The van der Waals surface area contributed by atoms with E-state index in [9.17, 15) is 9.59 Å². The third-order valence-corrected chi connectivity index (χ3v) is 5.00. The molecule has 6 nitrogen and oxygen atoms in total. The number of fused-ring (bicyclic) bond motifs is 1. The molecule has 3 rings (SSSR count). The Hall–Kier alpha value is -2.12. The standard InChI is InChI=1S/C16H17NO5S/c1-9-12(16(19)20)6-11(22-9)7-17(2)15(18)14-5-10-8-21-4-3-13(10)23-14/h5-6H,3-4,7-8H2,1-2H3,(H,19,20). The summed E-state index contributed by atoms with van der Waals surface area (Å²) in [6.07, 6.45) is 0.844. The average Bonchev–Trinajstić information content (AvgIpc) is 3.09. The highest BCUT2D eigenvalue weighted by Crippen LogP contribution is 2.28. The number of carbonyl (C=O) groups is 2. The molecule has 1 N–H and O–H groups in total. The molecule has 0 spiro atoms. The number of aromatic carboxylic acids is 1. The Kier molecular flexibility index (Phi) is 4.23. The molecule has 23 heavy (non-hydrogen) atoms. The van der Waals surface area contributed by atoms with Gasteiger partial charge in [0.1, 0.15) is 17.1 Å². The highest BCUT2D eigenvalue weighted by atomic mass is 32.1. The normalized spacial score (nSPS) is 13.7. The molecule has 0 unspecified atom stereocenters. The van der Waals surface area contributed by atoms with Crippen LogP contribution in [0, 0.1) is 6.92 Å². The van der Waals surface area contributed by atoms with Crippen LogP contribution in [-0.4, -0.2) is 35.5 Å². The van der Waals surface area contributed by atoms with Gasteiger partial charge in [0.15, 0.2) is 0 Å².